The summed E-state index contributed by atoms with van der Waals surface area (Å²) in [6, 6.07) is 10.9. The zero-order chi connectivity index (χ0) is 22.1. The van der Waals surface area contributed by atoms with E-state index in [1.165, 1.54) is 12.1 Å². The van der Waals surface area contributed by atoms with Gasteiger partial charge in [-0.25, -0.2) is 9.18 Å². The van der Waals surface area contributed by atoms with Crippen LogP contribution in [-0.4, -0.2) is 38.2 Å². The molecular formula is C21H19FN6O3. The molecule has 10 heteroatoms. The van der Waals surface area contributed by atoms with Crippen LogP contribution in [0.5, 0.6) is 0 Å². The summed E-state index contributed by atoms with van der Waals surface area (Å²) in [5.74, 6) is -1.90. The van der Waals surface area contributed by atoms with E-state index in [9.17, 15) is 19.1 Å². The van der Waals surface area contributed by atoms with Crippen LogP contribution in [0.25, 0.3) is 0 Å². The van der Waals surface area contributed by atoms with Crippen LogP contribution < -0.4 is 16.0 Å². The number of hydrogen-bond acceptors (Lipinski definition) is 7. The molecule has 0 fully saturated rings. The lowest BCUT2D eigenvalue weighted by atomic mass is 10.0. The summed E-state index contributed by atoms with van der Waals surface area (Å²) in [7, 11) is 0. The first-order valence-electron chi connectivity index (χ1n) is 9.52. The number of rotatable bonds is 6. The second-order valence-electron chi connectivity index (χ2n) is 7.19. The Balaban J connectivity index is 1.70. The highest BCUT2D eigenvalue weighted by atomic mass is 19.1. The topological polar surface area (TPSA) is 134 Å². The Kier molecular flexibility index (Phi) is 5.20. The summed E-state index contributed by atoms with van der Waals surface area (Å²) in [6.07, 6.45) is 0.491. The third kappa shape index (κ3) is 3.87. The number of carboxylic acids is 1. The third-order valence-electron chi connectivity index (χ3n) is 5.05. The molecule has 0 spiro atoms. The highest BCUT2D eigenvalue weighted by Crippen LogP contribution is 2.38. The molecule has 2 heterocycles. The van der Waals surface area contributed by atoms with E-state index in [4.69, 9.17) is 5.73 Å². The summed E-state index contributed by atoms with van der Waals surface area (Å²) in [5, 5.41) is 20.4. The van der Waals surface area contributed by atoms with Crippen LogP contribution >= 0.6 is 0 Å². The quantitative estimate of drug-likeness (QED) is 0.552. The highest BCUT2D eigenvalue weighted by molar-refractivity contribution is 5.95. The lowest BCUT2D eigenvalue weighted by molar-refractivity contribution is 0.0695. The summed E-state index contributed by atoms with van der Waals surface area (Å²) in [5.41, 5.74) is 7.47. The molecule has 0 saturated carbocycles. The average Bonchev–Trinajstić information content (AvgIpc) is 3.07. The van der Waals surface area contributed by atoms with Crippen molar-refractivity contribution in [3.8, 4) is 0 Å². The van der Waals surface area contributed by atoms with Crippen LogP contribution in [0.4, 0.5) is 21.8 Å². The fourth-order valence-electron chi connectivity index (χ4n) is 3.69. The van der Waals surface area contributed by atoms with Crippen molar-refractivity contribution in [2.24, 2.45) is 5.73 Å². The number of nitrogens with one attached hydrogen (secondary N) is 1. The maximum atomic E-state index is 13.5. The molecule has 1 amide bonds. The molecule has 0 aliphatic carbocycles. The van der Waals surface area contributed by atoms with Gasteiger partial charge in [-0.1, -0.05) is 18.2 Å². The van der Waals surface area contributed by atoms with Crippen LogP contribution in [0.15, 0.2) is 42.5 Å². The molecule has 1 aromatic heterocycles. The minimum Gasteiger partial charge on any atom is -0.478 e. The van der Waals surface area contributed by atoms with Crippen LogP contribution in [0, 0.1) is 5.82 Å². The standard InChI is InChI=1S/C21H19FN6O3/c1-11-8-15-14(20(30)31)6-3-7-16(15)28(11)21-25-19(17(18(23)29)26-27-21)24-10-12-4-2-5-13(22)9-12/h2-7,9,11H,8,10H2,1H3,(H2,23,29)(H,30,31)(H,24,25,27). The van der Waals surface area contributed by atoms with E-state index in [1.807, 2.05) is 6.92 Å². The van der Waals surface area contributed by atoms with Gasteiger partial charge < -0.3 is 21.1 Å². The van der Waals surface area contributed by atoms with Crippen molar-refractivity contribution in [1.29, 1.82) is 0 Å². The fourth-order valence-corrected chi connectivity index (χ4v) is 3.69. The molecule has 1 aliphatic heterocycles. The molecular weight excluding hydrogens is 403 g/mol. The van der Waals surface area contributed by atoms with E-state index in [1.54, 1.807) is 35.2 Å². The number of fused-ring (bicyclic) bond motifs is 1. The van der Waals surface area contributed by atoms with E-state index in [0.29, 0.717) is 23.2 Å². The van der Waals surface area contributed by atoms with Crippen LogP contribution in [0.3, 0.4) is 0 Å². The first kappa shape index (κ1) is 20.2. The molecule has 158 valence electrons. The summed E-state index contributed by atoms with van der Waals surface area (Å²) < 4.78 is 13.5. The van der Waals surface area contributed by atoms with Crippen molar-refractivity contribution in [3.63, 3.8) is 0 Å². The first-order chi connectivity index (χ1) is 14.8. The number of hydrogen-bond donors (Lipinski definition) is 3. The minimum atomic E-state index is -1.01. The van der Waals surface area contributed by atoms with E-state index < -0.39 is 11.9 Å². The van der Waals surface area contributed by atoms with Gasteiger partial charge in [-0.15, -0.1) is 10.2 Å². The minimum absolute atomic E-state index is 0.108. The molecule has 0 bridgehead atoms. The smallest absolute Gasteiger partial charge is 0.336 e. The Morgan fingerprint density at radius 3 is 2.74 bits per heavy atom. The van der Waals surface area contributed by atoms with E-state index in [-0.39, 0.29) is 41.4 Å². The number of carboxylic acid groups (broad SMARTS) is 1. The Labute approximate surface area is 176 Å². The van der Waals surface area contributed by atoms with Crippen LogP contribution in [0.1, 0.15) is 38.9 Å². The van der Waals surface area contributed by atoms with Gasteiger partial charge in [-0.05, 0) is 48.7 Å². The zero-order valence-electron chi connectivity index (χ0n) is 16.5. The number of halogens is 1. The summed E-state index contributed by atoms with van der Waals surface area (Å²) >= 11 is 0. The highest BCUT2D eigenvalue weighted by Gasteiger charge is 2.33. The molecule has 3 aromatic rings. The molecule has 4 rings (SSSR count). The van der Waals surface area contributed by atoms with Crippen LogP contribution in [0.2, 0.25) is 0 Å². The zero-order valence-corrected chi connectivity index (χ0v) is 16.5. The van der Waals surface area contributed by atoms with Crippen molar-refractivity contribution in [3.05, 3.63) is 70.7 Å². The maximum absolute atomic E-state index is 13.5. The molecule has 1 unspecified atom stereocenters. The number of aromatic nitrogens is 3. The predicted molar refractivity (Wildman–Crippen MR) is 111 cm³/mol. The predicted octanol–water partition coefficient (Wildman–Crippen LogP) is 2.50. The van der Waals surface area contributed by atoms with Gasteiger partial charge in [0, 0.05) is 18.3 Å². The van der Waals surface area contributed by atoms with Gasteiger partial charge in [-0.2, -0.15) is 4.98 Å². The van der Waals surface area contributed by atoms with Gasteiger partial charge in [0.2, 0.25) is 0 Å². The molecule has 2 aromatic carbocycles. The van der Waals surface area contributed by atoms with Crippen LogP contribution in [-0.2, 0) is 13.0 Å². The monoisotopic (exact) mass is 422 g/mol. The van der Waals surface area contributed by atoms with Gasteiger partial charge in [0.25, 0.3) is 11.9 Å². The maximum Gasteiger partial charge on any atom is 0.336 e. The number of carbonyl (C=O) groups excluding carboxylic acids is 1. The number of benzene rings is 2. The number of nitrogens with zero attached hydrogens (tertiary/aromatic N) is 4. The largest absolute Gasteiger partial charge is 0.478 e. The summed E-state index contributed by atoms with van der Waals surface area (Å²) in [4.78, 5) is 29.6. The third-order valence-corrected chi connectivity index (χ3v) is 5.05. The number of aromatic carboxylic acids is 1. The second-order valence-corrected chi connectivity index (χ2v) is 7.19. The lowest BCUT2D eigenvalue weighted by Crippen LogP contribution is -2.28. The molecule has 0 saturated heterocycles. The van der Waals surface area contributed by atoms with Gasteiger partial charge in [0.1, 0.15) is 5.82 Å². The number of amides is 1. The number of anilines is 3. The molecule has 31 heavy (non-hydrogen) atoms. The number of primary amides is 1. The van der Waals surface area contributed by atoms with E-state index in [0.717, 1.165) is 0 Å². The molecule has 1 aliphatic rings. The Morgan fingerprint density at radius 2 is 2.03 bits per heavy atom. The summed E-state index contributed by atoms with van der Waals surface area (Å²) in [6.45, 7) is 2.10. The van der Waals surface area contributed by atoms with Gasteiger partial charge >= 0.3 is 5.97 Å². The lowest BCUT2D eigenvalue weighted by Gasteiger charge is -2.23. The SMILES string of the molecule is CC1Cc2c(C(=O)O)cccc2N1c1nnc(C(N)=O)c(NCc2cccc(F)c2)n1. The second kappa shape index (κ2) is 7.98. The Hall–Kier alpha value is -4.08. The van der Waals surface area contributed by atoms with Crippen molar-refractivity contribution in [2.45, 2.75) is 25.9 Å². The normalized spacial score (nSPS) is 14.9. The van der Waals surface area contributed by atoms with E-state index in [2.05, 4.69) is 20.5 Å². The van der Waals surface area contributed by atoms with Crippen molar-refractivity contribution >= 4 is 29.3 Å². The Bertz CT molecular complexity index is 1190. The van der Waals surface area contributed by atoms with E-state index >= 15 is 0 Å². The van der Waals surface area contributed by atoms with Crippen molar-refractivity contribution in [2.75, 3.05) is 10.2 Å². The molecule has 1 atom stereocenters. The molecule has 9 nitrogen and oxygen atoms in total. The van der Waals surface area contributed by atoms with Crippen molar-refractivity contribution in [1.82, 2.24) is 15.2 Å². The average molecular weight is 422 g/mol. The van der Waals surface area contributed by atoms with Crippen molar-refractivity contribution < 1.29 is 19.1 Å². The van der Waals surface area contributed by atoms with Gasteiger partial charge in [0.05, 0.1) is 5.56 Å². The van der Waals surface area contributed by atoms with Gasteiger partial charge in [-0.3, -0.25) is 4.79 Å². The fraction of sp³-hybridized carbons (Fsp3) is 0.190. The number of nitrogens with two attached hydrogens (primary N) is 1. The first-order valence-corrected chi connectivity index (χ1v) is 9.52. The Morgan fingerprint density at radius 1 is 1.26 bits per heavy atom. The number of carbonyl (C=O) groups is 2. The molecule has 0 radical (unpaired) electrons. The molecule has 4 N–H and O–H groups in total. The van der Waals surface area contributed by atoms with Gasteiger partial charge in [0.15, 0.2) is 11.5 Å².